The minimum atomic E-state index is 0.684. The molecule has 1 aromatic carbocycles. The molecule has 2 aliphatic rings. The molecule has 0 amide bonds. The molecule has 2 aliphatic carbocycles. The van der Waals surface area contributed by atoms with Crippen molar-refractivity contribution in [1.82, 2.24) is 4.98 Å². The second-order valence-electron chi connectivity index (χ2n) is 7.75. The van der Waals surface area contributed by atoms with Crippen LogP contribution in [0.4, 0.5) is 0 Å². The highest BCUT2D eigenvalue weighted by molar-refractivity contribution is 5.92. The Bertz CT molecular complexity index is 832. The van der Waals surface area contributed by atoms with Crippen LogP contribution in [-0.2, 0) is 6.42 Å². The van der Waals surface area contributed by atoms with E-state index in [2.05, 4.69) is 47.5 Å². The topological polar surface area (TPSA) is 22.1 Å². The molecular weight excluding hydrogens is 330 g/mol. The molecule has 2 nitrogen and oxygen atoms in total. The number of aromatic nitrogens is 1. The summed E-state index contributed by atoms with van der Waals surface area (Å²) >= 11 is 0. The van der Waals surface area contributed by atoms with Gasteiger partial charge in [-0.05, 0) is 91.2 Å². The smallest absolute Gasteiger partial charge is 0.212 e. The Morgan fingerprint density at radius 1 is 1.07 bits per heavy atom. The molecule has 0 saturated carbocycles. The highest BCUT2D eigenvalue weighted by atomic mass is 16.5. The van der Waals surface area contributed by atoms with Gasteiger partial charge in [0.15, 0.2) is 0 Å². The van der Waals surface area contributed by atoms with Crippen molar-refractivity contribution in [2.75, 3.05) is 7.11 Å². The van der Waals surface area contributed by atoms with E-state index in [-0.39, 0.29) is 0 Å². The molecule has 0 spiro atoms. The van der Waals surface area contributed by atoms with Crippen molar-refractivity contribution in [2.45, 2.75) is 51.4 Å². The summed E-state index contributed by atoms with van der Waals surface area (Å²) in [6.07, 6.45) is 16.5. The molecule has 0 N–H and O–H groups in total. The number of methoxy groups -OCH3 is 1. The maximum atomic E-state index is 5.26. The first kappa shape index (κ1) is 18.0. The fourth-order valence-electron chi connectivity index (χ4n) is 4.55. The van der Waals surface area contributed by atoms with Crippen LogP contribution in [0.15, 0.2) is 54.7 Å². The quantitative estimate of drug-likeness (QED) is 0.570. The van der Waals surface area contributed by atoms with Crippen molar-refractivity contribution in [3.8, 4) is 5.88 Å². The zero-order valence-electron chi connectivity index (χ0n) is 16.3. The highest BCUT2D eigenvalue weighted by Crippen LogP contribution is 2.39. The summed E-state index contributed by atoms with van der Waals surface area (Å²) in [6.45, 7) is 0. The van der Waals surface area contributed by atoms with Gasteiger partial charge in [-0.3, -0.25) is 0 Å². The Hall–Kier alpha value is -2.35. The largest absolute Gasteiger partial charge is 0.481 e. The van der Waals surface area contributed by atoms with E-state index in [0.717, 1.165) is 18.8 Å². The van der Waals surface area contributed by atoms with Gasteiger partial charge >= 0.3 is 0 Å². The van der Waals surface area contributed by atoms with E-state index in [1.807, 2.05) is 12.3 Å². The fourth-order valence-corrected chi connectivity index (χ4v) is 4.55. The van der Waals surface area contributed by atoms with E-state index in [4.69, 9.17) is 4.74 Å². The van der Waals surface area contributed by atoms with Gasteiger partial charge < -0.3 is 4.74 Å². The Morgan fingerprint density at radius 3 is 2.78 bits per heavy atom. The number of hydrogen-bond donors (Lipinski definition) is 0. The van der Waals surface area contributed by atoms with Gasteiger partial charge in [-0.1, -0.05) is 36.4 Å². The first-order valence-corrected chi connectivity index (χ1v) is 10.3. The summed E-state index contributed by atoms with van der Waals surface area (Å²) in [5.41, 5.74) is 7.26. The molecule has 0 saturated heterocycles. The van der Waals surface area contributed by atoms with Gasteiger partial charge in [-0.15, -0.1) is 0 Å². The molecule has 140 valence electrons. The van der Waals surface area contributed by atoms with Gasteiger partial charge in [-0.25, -0.2) is 4.98 Å². The zero-order valence-corrected chi connectivity index (χ0v) is 16.3. The average Bonchev–Trinajstić information content (AvgIpc) is 2.92. The third-order valence-electron chi connectivity index (χ3n) is 6.05. The van der Waals surface area contributed by atoms with Gasteiger partial charge in [0, 0.05) is 12.3 Å². The van der Waals surface area contributed by atoms with Gasteiger partial charge in [-0.2, -0.15) is 0 Å². The molecule has 1 aromatic heterocycles. The number of hydrogen-bond acceptors (Lipinski definition) is 2. The van der Waals surface area contributed by atoms with Crippen LogP contribution >= 0.6 is 0 Å². The molecule has 0 radical (unpaired) electrons. The molecule has 1 heterocycles. The number of ether oxygens (including phenoxy) is 1. The molecular formula is C25H29NO. The number of pyridine rings is 1. The van der Waals surface area contributed by atoms with Crippen LogP contribution < -0.4 is 4.74 Å². The van der Waals surface area contributed by atoms with Crippen molar-refractivity contribution in [3.05, 3.63) is 71.4 Å². The number of rotatable bonds is 5. The number of aryl methyl sites for hydroxylation is 1. The number of nitrogens with zero attached hydrogens (tertiary/aromatic N) is 1. The number of allylic oxidation sites excluding steroid dienone is 4. The molecule has 2 aromatic rings. The SMILES string of the molecule is COc1ccc(C2=C(CCC3CC=CCC3)c3ccccc3CCC2)cn1. The summed E-state index contributed by atoms with van der Waals surface area (Å²) in [5, 5.41) is 0. The predicted molar refractivity (Wildman–Crippen MR) is 113 cm³/mol. The van der Waals surface area contributed by atoms with Crippen LogP contribution in [0.5, 0.6) is 5.88 Å². The molecule has 1 atom stereocenters. The van der Waals surface area contributed by atoms with Crippen molar-refractivity contribution >= 4 is 11.1 Å². The zero-order chi connectivity index (χ0) is 18.5. The molecule has 0 fully saturated rings. The molecule has 0 bridgehead atoms. The lowest BCUT2D eigenvalue weighted by Crippen LogP contribution is -2.04. The van der Waals surface area contributed by atoms with Gasteiger partial charge in [0.05, 0.1) is 7.11 Å². The maximum Gasteiger partial charge on any atom is 0.212 e. The monoisotopic (exact) mass is 359 g/mol. The van der Waals surface area contributed by atoms with E-state index in [1.54, 1.807) is 12.7 Å². The Kier molecular flexibility index (Phi) is 5.72. The third kappa shape index (κ3) is 4.16. The predicted octanol–water partition coefficient (Wildman–Crippen LogP) is 6.47. The van der Waals surface area contributed by atoms with E-state index < -0.39 is 0 Å². The summed E-state index contributed by atoms with van der Waals surface area (Å²) in [7, 11) is 1.67. The summed E-state index contributed by atoms with van der Waals surface area (Å²) in [6, 6.07) is 13.2. The first-order chi connectivity index (χ1) is 13.3. The minimum absolute atomic E-state index is 0.684. The lowest BCUT2D eigenvalue weighted by molar-refractivity contribution is 0.398. The van der Waals surface area contributed by atoms with Gasteiger partial charge in [0.25, 0.3) is 0 Å². The average molecular weight is 360 g/mol. The number of benzene rings is 1. The first-order valence-electron chi connectivity index (χ1n) is 10.3. The van der Waals surface area contributed by atoms with Crippen molar-refractivity contribution < 1.29 is 4.74 Å². The normalized spacial score (nSPS) is 19.5. The lowest BCUT2D eigenvalue weighted by Gasteiger charge is -2.21. The standard InChI is InChI=1S/C25H29NO/c1-27-25-17-15-21(18-26-25)23-13-7-11-20-10-5-6-12-22(20)24(23)16-14-19-8-3-2-4-9-19/h2-3,5-6,10,12,15,17-19H,4,7-9,11,13-14,16H2,1H3. The molecule has 4 rings (SSSR count). The van der Waals surface area contributed by atoms with Crippen molar-refractivity contribution in [2.24, 2.45) is 5.92 Å². The fraction of sp³-hybridized carbons (Fsp3) is 0.400. The van der Waals surface area contributed by atoms with E-state index in [9.17, 15) is 0 Å². The highest BCUT2D eigenvalue weighted by Gasteiger charge is 2.20. The summed E-state index contributed by atoms with van der Waals surface area (Å²) in [4.78, 5) is 4.48. The van der Waals surface area contributed by atoms with Crippen molar-refractivity contribution in [1.29, 1.82) is 0 Å². The van der Waals surface area contributed by atoms with Gasteiger partial charge in [0.1, 0.15) is 0 Å². The van der Waals surface area contributed by atoms with Crippen LogP contribution in [-0.4, -0.2) is 12.1 Å². The summed E-state index contributed by atoms with van der Waals surface area (Å²) < 4.78 is 5.26. The molecule has 0 aliphatic heterocycles. The second kappa shape index (κ2) is 8.56. The second-order valence-corrected chi connectivity index (χ2v) is 7.75. The van der Waals surface area contributed by atoms with Crippen molar-refractivity contribution in [3.63, 3.8) is 0 Å². The molecule has 27 heavy (non-hydrogen) atoms. The van der Waals surface area contributed by atoms with E-state index >= 15 is 0 Å². The molecule has 1 unspecified atom stereocenters. The molecule has 2 heteroatoms. The van der Waals surface area contributed by atoms with Crippen LogP contribution in [0.2, 0.25) is 0 Å². The Labute approximate surface area is 163 Å². The Morgan fingerprint density at radius 2 is 2.00 bits per heavy atom. The van der Waals surface area contributed by atoms with Crippen LogP contribution in [0.1, 0.15) is 61.6 Å². The number of fused-ring (bicyclic) bond motifs is 1. The van der Waals surface area contributed by atoms with Crippen LogP contribution in [0, 0.1) is 5.92 Å². The van der Waals surface area contributed by atoms with Gasteiger partial charge in [0.2, 0.25) is 5.88 Å². The Balaban J connectivity index is 1.70. The van der Waals surface area contributed by atoms with Crippen LogP contribution in [0.25, 0.3) is 11.1 Å². The van der Waals surface area contributed by atoms with E-state index in [0.29, 0.717) is 5.88 Å². The maximum absolute atomic E-state index is 5.26. The summed E-state index contributed by atoms with van der Waals surface area (Å²) in [5.74, 6) is 1.51. The van der Waals surface area contributed by atoms with E-state index in [1.165, 1.54) is 60.8 Å². The lowest BCUT2D eigenvalue weighted by atomic mass is 9.84. The third-order valence-corrected chi connectivity index (χ3v) is 6.05. The van der Waals surface area contributed by atoms with Crippen LogP contribution in [0.3, 0.4) is 0 Å². The minimum Gasteiger partial charge on any atom is -0.481 e.